The van der Waals surface area contributed by atoms with Gasteiger partial charge in [0.05, 0.1) is 11.8 Å². The number of piperidine rings is 1. The van der Waals surface area contributed by atoms with E-state index in [1.807, 2.05) is 0 Å². The quantitative estimate of drug-likeness (QED) is 0.817. The van der Waals surface area contributed by atoms with Crippen molar-refractivity contribution < 1.29 is 17.6 Å². The number of sulfonamides is 1. The van der Waals surface area contributed by atoms with E-state index in [2.05, 4.69) is 0 Å². The predicted octanol–water partition coefficient (Wildman–Crippen LogP) is 1.58. The molecule has 0 spiro atoms. The van der Waals surface area contributed by atoms with Gasteiger partial charge in [-0.25, -0.2) is 12.8 Å². The van der Waals surface area contributed by atoms with Crippen LogP contribution < -0.4 is 0 Å². The fourth-order valence-corrected chi connectivity index (χ4v) is 4.51. The molecule has 1 aromatic carbocycles. The average Bonchev–Trinajstić information content (AvgIpc) is 2.40. The summed E-state index contributed by atoms with van der Waals surface area (Å²) in [7, 11) is -3.26. The molecule has 2 atom stereocenters. The topological polar surface area (TPSA) is 57.7 Å². The number of hydrogen-bond donors (Lipinski definition) is 0. The summed E-state index contributed by atoms with van der Waals surface area (Å²) in [6.07, 6.45) is 1.89. The van der Waals surface area contributed by atoms with Crippen LogP contribution in [0.2, 0.25) is 5.02 Å². The highest BCUT2D eigenvalue weighted by Gasteiger charge is 2.47. The Labute approximate surface area is 133 Å². The maximum Gasteiger partial charge on any atom is 0.256 e. The van der Waals surface area contributed by atoms with Gasteiger partial charge in [-0.15, -0.1) is 0 Å². The minimum absolute atomic E-state index is 0.0730. The Morgan fingerprint density at radius 3 is 2.77 bits per heavy atom. The lowest BCUT2D eigenvalue weighted by Crippen LogP contribution is -2.65. The minimum atomic E-state index is -3.26. The highest BCUT2D eigenvalue weighted by Crippen LogP contribution is 2.34. The number of rotatable bonds is 2. The number of benzene rings is 1. The van der Waals surface area contributed by atoms with Crippen LogP contribution in [0.3, 0.4) is 0 Å². The van der Waals surface area contributed by atoms with E-state index in [1.165, 1.54) is 27.6 Å². The Morgan fingerprint density at radius 1 is 1.36 bits per heavy atom. The van der Waals surface area contributed by atoms with Crippen LogP contribution in [0.5, 0.6) is 0 Å². The summed E-state index contributed by atoms with van der Waals surface area (Å²) >= 11 is 5.82. The lowest BCUT2D eigenvalue weighted by Gasteiger charge is -2.51. The highest BCUT2D eigenvalue weighted by atomic mass is 35.5. The molecule has 3 rings (SSSR count). The molecule has 2 saturated heterocycles. The van der Waals surface area contributed by atoms with Crippen LogP contribution in [0.25, 0.3) is 0 Å². The number of fused-ring (bicyclic) bond motifs is 1. The van der Waals surface area contributed by atoms with E-state index in [4.69, 9.17) is 11.6 Å². The summed E-state index contributed by atoms with van der Waals surface area (Å²) in [5.41, 5.74) is -0.0730. The fraction of sp³-hybridized carbons (Fsp3) is 0.500. The van der Waals surface area contributed by atoms with Crippen molar-refractivity contribution in [1.29, 1.82) is 0 Å². The van der Waals surface area contributed by atoms with Crippen molar-refractivity contribution in [2.24, 2.45) is 5.92 Å². The van der Waals surface area contributed by atoms with E-state index in [9.17, 15) is 17.6 Å². The molecule has 0 unspecified atom stereocenters. The predicted molar refractivity (Wildman–Crippen MR) is 80.8 cm³/mol. The first-order chi connectivity index (χ1) is 10.3. The van der Waals surface area contributed by atoms with Crippen LogP contribution in [0, 0.1) is 11.7 Å². The van der Waals surface area contributed by atoms with Crippen molar-refractivity contribution >= 4 is 27.5 Å². The molecular weight excluding hydrogens is 331 g/mol. The maximum atomic E-state index is 13.8. The van der Waals surface area contributed by atoms with Crippen molar-refractivity contribution in [1.82, 2.24) is 9.21 Å². The number of hydrogen-bond acceptors (Lipinski definition) is 3. The number of halogens is 2. The Hall–Kier alpha value is -1.18. The number of carbonyl (C=O) groups is 1. The summed E-state index contributed by atoms with van der Waals surface area (Å²) in [5, 5.41) is 0.293. The molecule has 2 aliphatic heterocycles. The summed E-state index contributed by atoms with van der Waals surface area (Å²) in [6.45, 7) is 1.31. The molecule has 22 heavy (non-hydrogen) atoms. The van der Waals surface area contributed by atoms with Crippen LogP contribution in [0.1, 0.15) is 16.8 Å². The van der Waals surface area contributed by atoms with E-state index in [-0.39, 0.29) is 17.5 Å². The van der Waals surface area contributed by atoms with Gasteiger partial charge in [0, 0.05) is 30.7 Å². The Morgan fingerprint density at radius 2 is 2.09 bits per heavy atom. The van der Waals surface area contributed by atoms with Gasteiger partial charge >= 0.3 is 0 Å². The molecule has 0 aliphatic carbocycles. The van der Waals surface area contributed by atoms with Gasteiger partial charge in [0.1, 0.15) is 5.82 Å². The van der Waals surface area contributed by atoms with Gasteiger partial charge in [-0.05, 0) is 30.5 Å². The van der Waals surface area contributed by atoms with E-state index < -0.39 is 21.7 Å². The second-order valence-corrected chi connectivity index (χ2v) is 8.20. The zero-order valence-electron chi connectivity index (χ0n) is 12.0. The van der Waals surface area contributed by atoms with E-state index in [0.717, 1.165) is 12.5 Å². The Bertz CT molecular complexity index is 725. The van der Waals surface area contributed by atoms with Gasteiger partial charge in [0.25, 0.3) is 5.91 Å². The molecule has 2 aliphatic rings. The number of likely N-dealkylation sites (tertiary alicyclic amines) is 1. The summed E-state index contributed by atoms with van der Waals surface area (Å²) in [4.78, 5) is 14.0. The first-order valence-electron chi connectivity index (χ1n) is 6.98. The fourth-order valence-electron chi connectivity index (χ4n) is 3.15. The molecule has 1 amide bonds. The lowest BCUT2D eigenvalue weighted by atomic mass is 9.84. The SMILES string of the molecule is CS(=O)(=O)N1C[C@H]2CCN(C(=O)c3cc(Cl)ccc3F)C[C@H]21. The second kappa shape index (κ2) is 5.47. The highest BCUT2D eigenvalue weighted by molar-refractivity contribution is 7.88. The van der Waals surface area contributed by atoms with Gasteiger partial charge < -0.3 is 4.90 Å². The van der Waals surface area contributed by atoms with Crippen LogP contribution >= 0.6 is 11.6 Å². The van der Waals surface area contributed by atoms with Gasteiger partial charge in [0.15, 0.2) is 0 Å². The number of carbonyl (C=O) groups excluding carboxylic acids is 1. The third-order valence-electron chi connectivity index (χ3n) is 4.38. The monoisotopic (exact) mass is 346 g/mol. The van der Waals surface area contributed by atoms with E-state index in [0.29, 0.717) is 24.7 Å². The van der Waals surface area contributed by atoms with Crippen LogP contribution in [0.15, 0.2) is 18.2 Å². The molecule has 1 aromatic rings. The van der Waals surface area contributed by atoms with Crippen molar-refractivity contribution in [3.05, 3.63) is 34.6 Å². The standard InChI is InChI=1S/C14H16ClFN2O3S/c1-22(20,21)18-7-9-4-5-17(8-13(9)18)14(19)11-6-10(15)2-3-12(11)16/h2-3,6,9,13H,4-5,7-8H2,1H3/t9-,13-/m1/s1. The van der Waals surface area contributed by atoms with Gasteiger partial charge in [-0.3, -0.25) is 4.79 Å². The molecule has 2 heterocycles. The second-order valence-electron chi connectivity index (χ2n) is 5.82. The molecule has 120 valence electrons. The van der Waals surface area contributed by atoms with E-state index >= 15 is 0 Å². The third-order valence-corrected chi connectivity index (χ3v) is 5.88. The van der Waals surface area contributed by atoms with Crippen LogP contribution in [-0.4, -0.2) is 55.5 Å². The van der Waals surface area contributed by atoms with Gasteiger partial charge in [-0.2, -0.15) is 4.31 Å². The molecule has 0 saturated carbocycles. The first-order valence-corrected chi connectivity index (χ1v) is 9.21. The van der Waals surface area contributed by atoms with Crippen molar-refractivity contribution in [2.45, 2.75) is 12.5 Å². The minimum Gasteiger partial charge on any atom is -0.337 e. The van der Waals surface area contributed by atoms with Crippen molar-refractivity contribution in [2.75, 3.05) is 25.9 Å². The molecule has 2 fully saturated rings. The molecule has 0 aromatic heterocycles. The normalized spacial score (nSPS) is 25.5. The molecule has 0 radical (unpaired) electrons. The molecule has 0 bridgehead atoms. The van der Waals surface area contributed by atoms with Gasteiger partial charge in [-0.1, -0.05) is 11.6 Å². The van der Waals surface area contributed by atoms with Crippen molar-refractivity contribution in [3.8, 4) is 0 Å². The van der Waals surface area contributed by atoms with Gasteiger partial charge in [0.2, 0.25) is 10.0 Å². The Kier molecular flexibility index (Phi) is 3.91. The first kappa shape index (κ1) is 15.7. The molecule has 5 nitrogen and oxygen atoms in total. The summed E-state index contributed by atoms with van der Waals surface area (Å²) in [5.74, 6) is -0.785. The largest absolute Gasteiger partial charge is 0.337 e. The number of amides is 1. The zero-order chi connectivity index (χ0) is 16.1. The summed E-state index contributed by atoms with van der Waals surface area (Å²) in [6, 6.07) is 3.65. The zero-order valence-corrected chi connectivity index (χ0v) is 13.6. The smallest absolute Gasteiger partial charge is 0.256 e. The number of nitrogens with zero attached hydrogens (tertiary/aromatic N) is 2. The average molecular weight is 347 g/mol. The third kappa shape index (κ3) is 2.73. The molecular formula is C14H16ClFN2O3S. The van der Waals surface area contributed by atoms with Crippen LogP contribution in [-0.2, 0) is 10.0 Å². The van der Waals surface area contributed by atoms with Crippen molar-refractivity contribution in [3.63, 3.8) is 0 Å². The maximum absolute atomic E-state index is 13.8. The molecule has 0 N–H and O–H groups in total. The lowest BCUT2D eigenvalue weighted by molar-refractivity contribution is 0.0139. The van der Waals surface area contributed by atoms with E-state index in [1.54, 1.807) is 0 Å². The molecule has 8 heteroatoms. The van der Waals surface area contributed by atoms with Crippen LogP contribution in [0.4, 0.5) is 4.39 Å². The Balaban J connectivity index is 1.79. The summed E-state index contributed by atoms with van der Waals surface area (Å²) < 4.78 is 38.5.